The highest BCUT2D eigenvalue weighted by atomic mass is 35.5. The minimum absolute atomic E-state index is 0.0685. The number of quaternary nitrogens is 1. The molecule has 4 nitrogen and oxygen atoms in total. The monoisotopic (exact) mass is 403 g/mol. The number of hydrogen-bond donors (Lipinski definition) is 2. The Hall–Kier alpha value is -2.27. The van der Waals surface area contributed by atoms with Crippen molar-refractivity contribution in [2.24, 2.45) is 0 Å². The number of benzene rings is 2. The second-order valence-corrected chi connectivity index (χ2v) is 7.12. The molecule has 1 amide bonds. The zero-order valence-corrected chi connectivity index (χ0v) is 16.4. The van der Waals surface area contributed by atoms with Crippen LogP contribution in [0.4, 0.5) is 0 Å². The Labute approximate surface area is 168 Å². The number of nitrogens with one attached hydrogen (secondary N) is 1. The van der Waals surface area contributed by atoms with Crippen LogP contribution in [0.15, 0.2) is 71.3 Å². The summed E-state index contributed by atoms with van der Waals surface area (Å²) in [5.41, 5.74) is 1.99. The number of halogens is 2. The van der Waals surface area contributed by atoms with Crippen LogP contribution in [-0.4, -0.2) is 12.5 Å². The van der Waals surface area contributed by atoms with Gasteiger partial charge < -0.3 is 15.1 Å². The summed E-state index contributed by atoms with van der Waals surface area (Å²) in [5, 5.41) is 5.93. The summed E-state index contributed by atoms with van der Waals surface area (Å²) in [6.45, 7) is 2.19. The normalized spacial score (nSPS) is 13.1. The Morgan fingerprint density at radius 1 is 1.04 bits per heavy atom. The van der Waals surface area contributed by atoms with Gasteiger partial charge in [-0.25, -0.2) is 0 Å². The molecule has 3 aromatic rings. The first-order chi connectivity index (χ1) is 13.0. The van der Waals surface area contributed by atoms with Crippen LogP contribution in [0.5, 0.6) is 0 Å². The van der Waals surface area contributed by atoms with Crippen LogP contribution in [0, 0.1) is 0 Å². The van der Waals surface area contributed by atoms with E-state index in [9.17, 15) is 4.79 Å². The Morgan fingerprint density at radius 2 is 1.81 bits per heavy atom. The van der Waals surface area contributed by atoms with E-state index in [1.807, 2.05) is 60.8 Å². The van der Waals surface area contributed by atoms with Crippen LogP contribution in [0.25, 0.3) is 0 Å². The quantitative estimate of drug-likeness (QED) is 0.623. The molecule has 3 N–H and O–H groups in total. The second-order valence-electron chi connectivity index (χ2n) is 6.31. The van der Waals surface area contributed by atoms with E-state index in [0.29, 0.717) is 10.0 Å². The number of carbonyl (C=O) groups excluding carboxylic acids is 1. The zero-order valence-electron chi connectivity index (χ0n) is 14.9. The third-order valence-corrected chi connectivity index (χ3v) is 5.11. The molecular formula is C21H21Cl2N2O2+. The molecule has 0 aliphatic carbocycles. The van der Waals surface area contributed by atoms with Gasteiger partial charge >= 0.3 is 0 Å². The molecular weight excluding hydrogens is 383 g/mol. The fourth-order valence-electron chi connectivity index (χ4n) is 2.94. The van der Waals surface area contributed by atoms with Gasteiger partial charge in [0.05, 0.1) is 22.4 Å². The molecule has 0 saturated carbocycles. The van der Waals surface area contributed by atoms with Gasteiger partial charge in [0.1, 0.15) is 0 Å². The topological polar surface area (TPSA) is 58.9 Å². The number of amides is 1. The third-order valence-electron chi connectivity index (χ3n) is 4.37. The van der Waals surface area contributed by atoms with Crippen molar-refractivity contribution in [1.29, 1.82) is 0 Å². The molecule has 6 heteroatoms. The fraction of sp³-hybridized carbons (Fsp3) is 0.190. The van der Waals surface area contributed by atoms with Gasteiger partial charge in [-0.1, -0.05) is 59.6 Å². The highest BCUT2D eigenvalue weighted by Crippen LogP contribution is 2.25. The Balaban J connectivity index is 1.63. The molecule has 27 heavy (non-hydrogen) atoms. The van der Waals surface area contributed by atoms with Crippen molar-refractivity contribution in [3.8, 4) is 0 Å². The smallest absolute Gasteiger partial charge is 0.275 e. The predicted octanol–water partition coefficient (Wildman–Crippen LogP) is 4.12. The lowest BCUT2D eigenvalue weighted by Crippen LogP contribution is -2.87. The maximum Gasteiger partial charge on any atom is 0.275 e. The predicted molar refractivity (Wildman–Crippen MR) is 107 cm³/mol. The first-order valence-electron chi connectivity index (χ1n) is 8.70. The van der Waals surface area contributed by atoms with E-state index in [4.69, 9.17) is 27.6 Å². The van der Waals surface area contributed by atoms with Gasteiger partial charge in [-0.2, -0.15) is 0 Å². The average Bonchev–Trinajstić information content (AvgIpc) is 3.19. The second kappa shape index (κ2) is 9.09. The van der Waals surface area contributed by atoms with Gasteiger partial charge in [0, 0.05) is 5.56 Å². The first-order valence-corrected chi connectivity index (χ1v) is 9.46. The zero-order chi connectivity index (χ0) is 19.2. The van der Waals surface area contributed by atoms with Gasteiger partial charge in [-0.05, 0) is 36.8 Å². The summed E-state index contributed by atoms with van der Waals surface area (Å²) in [4.78, 5) is 12.5. The highest BCUT2D eigenvalue weighted by molar-refractivity contribution is 6.42. The minimum Gasteiger partial charge on any atom is -0.463 e. The lowest BCUT2D eigenvalue weighted by Gasteiger charge is -2.17. The molecule has 2 aromatic carbocycles. The van der Waals surface area contributed by atoms with Crippen molar-refractivity contribution in [2.45, 2.75) is 19.0 Å². The van der Waals surface area contributed by atoms with Crippen molar-refractivity contribution >= 4 is 29.1 Å². The van der Waals surface area contributed by atoms with Crippen LogP contribution in [0.1, 0.15) is 35.9 Å². The molecule has 1 aromatic heterocycles. The standard InChI is InChI=1S/C21H20Cl2N2O2/c1-14(16-9-10-17(22)18(23)12-16)25-20(26)13-24-21(19-8-5-11-27-19)15-6-3-2-4-7-15/h2-12,14,21,24H,13H2,1H3,(H,25,26)/p+1/t14-,21-/m1/s1. The average molecular weight is 404 g/mol. The molecule has 140 valence electrons. The lowest BCUT2D eigenvalue weighted by molar-refractivity contribution is -0.678. The SMILES string of the molecule is C[C@@H](NC(=O)C[NH2+][C@H](c1ccccc1)c1ccco1)c1ccc(Cl)c(Cl)c1. The first kappa shape index (κ1) is 19.5. The molecule has 0 aliphatic rings. The van der Waals surface area contributed by atoms with Gasteiger partial charge in [-0.15, -0.1) is 0 Å². The third kappa shape index (κ3) is 5.13. The summed E-state index contributed by atoms with van der Waals surface area (Å²) in [5.74, 6) is 0.743. The molecule has 0 fully saturated rings. The Kier molecular flexibility index (Phi) is 6.56. The summed E-state index contributed by atoms with van der Waals surface area (Å²) in [6, 6.07) is 18.9. The van der Waals surface area contributed by atoms with Crippen LogP contribution in [-0.2, 0) is 4.79 Å². The van der Waals surface area contributed by atoms with E-state index in [2.05, 4.69) is 5.32 Å². The maximum atomic E-state index is 12.5. The number of carbonyl (C=O) groups is 1. The molecule has 0 bridgehead atoms. The molecule has 3 rings (SSSR count). The summed E-state index contributed by atoms with van der Waals surface area (Å²) in [6.07, 6.45) is 1.64. The molecule has 2 atom stereocenters. The van der Waals surface area contributed by atoms with E-state index >= 15 is 0 Å². The Bertz CT molecular complexity index is 882. The van der Waals surface area contributed by atoms with E-state index in [1.165, 1.54) is 0 Å². The van der Waals surface area contributed by atoms with E-state index in [1.54, 1.807) is 18.4 Å². The summed E-state index contributed by atoms with van der Waals surface area (Å²) < 4.78 is 5.57. The lowest BCUT2D eigenvalue weighted by atomic mass is 10.0. The summed E-state index contributed by atoms with van der Waals surface area (Å²) in [7, 11) is 0. The van der Waals surface area contributed by atoms with Crippen molar-refractivity contribution in [3.05, 3.63) is 93.9 Å². The molecule has 0 radical (unpaired) electrons. The van der Waals surface area contributed by atoms with Gasteiger partial charge in [0.25, 0.3) is 5.91 Å². The largest absolute Gasteiger partial charge is 0.463 e. The van der Waals surface area contributed by atoms with E-state index in [0.717, 1.165) is 16.9 Å². The van der Waals surface area contributed by atoms with E-state index in [-0.39, 0.29) is 24.5 Å². The van der Waals surface area contributed by atoms with Crippen LogP contribution < -0.4 is 10.6 Å². The van der Waals surface area contributed by atoms with Gasteiger partial charge in [-0.3, -0.25) is 4.79 Å². The fourth-order valence-corrected chi connectivity index (χ4v) is 3.24. The van der Waals surface area contributed by atoms with Crippen LogP contribution in [0.2, 0.25) is 10.0 Å². The number of nitrogens with two attached hydrogens (primary N) is 1. The summed E-state index contributed by atoms with van der Waals surface area (Å²) >= 11 is 12.0. The number of furan rings is 1. The van der Waals surface area contributed by atoms with E-state index < -0.39 is 0 Å². The minimum atomic E-state index is -0.167. The molecule has 0 aliphatic heterocycles. The van der Waals surface area contributed by atoms with Crippen molar-refractivity contribution in [1.82, 2.24) is 5.32 Å². The molecule has 0 spiro atoms. The van der Waals surface area contributed by atoms with Crippen molar-refractivity contribution < 1.29 is 14.5 Å². The van der Waals surface area contributed by atoms with Gasteiger partial charge in [0.2, 0.25) is 0 Å². The molecule has 1 heterocycles. The maximum absolute atomic E-state index is 12.5. The molecule has 0 unspecified atom stereocenters. The molecule has 0 saturated heterocycles. The van der Waals surface area contributed by atoms with Crippen LogP contribution in [0.3, 0.4) is 0 Å². The highest BCUT2D eigenvalue weighted by Gasteiger charge is 2.22. The number of rotatable bonds is 7. The van der Waals surface area contributed by atoms with Crippen molar-refractivity contribution in [2.75, 3.05) is 6.54 Å². The van der Waals surface area contributed by atoms with Gasteiger partial charge in [0.15, 0.2) is 18.3 Å². The Morgan fingerprint density at radius 3 is 2.48 bits per heavy atom. The number of hydrogen-bond acceptors (Lipinski definition) is 2. The van der Waals surface area contributed by atoms with Crippen LogP contribution >= 0.6 is 23.2 Å². The van der Waals surface area contributed by atoms with Crippen molar-refractivity contribution in [3.63, 3.8) is 0 Å².